The lowest BCUT2D eigenvalue weighted by Gasteiger charge is -2.42. The molecule has 4 atom stereocenters. The molecule has 2 heteroatoms. The van der Waals surface area contributed by atoms with Crippen LogP contribution in [0.15, 0.2) is 0 Å². The van der Waals surface area contributed by atoms with Crippen molar-refractivity contribution >= 4 is 0 Å². The van der Waals surface area contributed by atoms with Gasteiger partial charge in [0.25, 0.3) is 0 Å². The summed E-state index contributed by atoms with van der Waals surface area (Å²) < 4.78 is 0. The maximum absolute atomic E-state index is 11.1. The fraction of sp³-hybridized carbons (Fsp3) is 0.933. The molecule has 0 amide bonds. The van der Waals surface area contributed by atoms with Gasteiger partial charge in [0.05, 0.1) is 17.1 Å². The number of aliphatic hydroxyl groups is 1. The molecule has 0 heterocycles. The standard InChI is InChI=1S/C15H25NO/c1-3-12-7-9-14(10-12,11-16)15(17)8-5-6-13(15)4-2/h12-13,17H,3-10H2,1-2H3. The van der Waals surface area contributed by atoms with E-state index in [1.807, 2.05) is 0 Å². The molecule has 0 aromatic heterocycles. The number of hydrogen-bond donors (Lipinski definition) is 1. The molecule has 0 spiro atoms. The molecule has 0 radical (unpaired) electrons. The average Bonchev–Trinajstić information content (AvgIpc) is 2.94. The summed E-state index contributed by atoms with van der Waals surface area (Å²) in [4.78, 5) is 0. The Kier molecular flexibility index (Phi) is 3.50. The highest BCUT2D eigenvalue weighted by molar-refractivity contribution is 5.18. The summed E-state index contributed by atoms with van der Waals surface area (Å²) in [5.74, 6) is 0.995. The molecule has 0 aliphatic heterocycles. The minimum Gasteiger partial charge on any atom is -0.388 e. The van der Waals surface area contributed by atoms with E-state index in [0.29, 0.717) is 11.8 Å². The molecule has 17 heavy (non-hydrogen) atoms. The van der Waals surface area contributed by atoms with Crippen LogP contribution in [0.5, 0.6) is 0 Å². The summed E-state index contributed by atoms with van der Waals surface area (Å²) in [6.45, 7) is 4.35. The highest BCUT2D eigenvalue weighted by Gasteiger charge is 2.58. The van der Waals surface area contributed by atoms with Crippen LogP contribution in [0.3, 0.4) is 0 Å². The van der Waals surface area contributed by atoms with Crippen LogP contribution in [-0.4, -0.2) is 10.7 Å². The lowest BCUT2D eigenvalue weighted by atomic mass is 9.65. The van der Waals surface area contributed by atoms with Crippen molar-refractivity contribution in [1.82, 2.24) is 0 Å². The molecule has 2 fully saturated rings. The highest BCUT2D eigenvalue weighted by Crippen LogP contribution is 2.57. The molecule has 4 unspecified atom stereocenters. The van der Waals surface area contributed by atoms with Gasteiger partial charge in [0.15, 0.2) is 0 Å². The number of nitrogens with zero attached hydrogens (tertiary/aromatic N) is 1. The SMILES string of the molecule is CCC1CCC(C#N)(C2(O)CCCC2CC)C1. The second kappa shape index (κ2) is 4.61. The normalized spacial score (nSPS) is 46.0. The zero-order valence-corrected chi connectivity index (χ0v) is 11.2. The van der Waals surface area contributed by atoms with Gasteiger partial charge in [0, 0.05) is 0 Å². The molecule has 2 aliphatic rings. The molecule has 2 nitrogen and oxygen atoms in total. The molecular formula is C15H25NO. The molecular weight excluding hydrogens is 210 g/mol. The van der Waals surface area contributed by atoms with E-state index in [0.717, 1.165) is 51.4 Å². The quantitative estimate of drug-likeness (QED) is 0.811. The Morgan fingerprint density at radius 1 is 1.24 bits per heavy atom. The van der Waals surface area contributed by atoms with E-state index in [4.69, 9.17) is 0 Å². The summed E-state index contributed by atoms with van der Waals surface area (Å²) in [6.07, 6.45) is 8.16. The number of nitriles is 1. The Morgan fingerprint density at radius 3 is 2.53 bits per heavy atom. The summed E-state index contributed by atoms with van der Waals surface area (Å²) in [5.41, 5.74) is -1.13. The van der Waals surface area contributed by atoms with Crippen molar-refractivity contribution in [1.29, 1.82) is 5.26 Å². The van der Waals surface area contributed by atoms with Gasteiger partial charge in [0.1, 0.15) is 0 Å². The first-order valence-corrected chi connectivity index (χ1v) is 7.25. The van der Waals surface area contributed by atoms with Crippen molar-refractivity contribution in [3.8, 4) is 6.07 Å². The van der Waals surface area contributed by atoms with E-state index in [2.05, 4.69) is 19.9 Å². The van der Waals surface area contributed by atoms with Gasteiger partial charge in [-0.1, -0.05) is 33.1 Å². The molecule has 0 aromatic rings. The van der Waals surface area contributed by atoms with Gasteiger partial charge >= 0.3 is 0 Å². The van der Waals surface area contributed by atoms with Crippen LogP contribution in [0.25, 0.3) is 0 Å². The second-order valence-corrected chi connectivity index (χ2v) is 6.13. The predicted octanol–water partition coefficient (Wildman–Crippen LogP) is 3.65. The highest BCUT2D eigenvalue weighted by atomic mass is 16.3. The van der Waals surface area contributed by atoms with Crippen LogP contribution < -0.4 is 0 Å². The van der Waals surface area contributed by atoms with Crippen molar-refractivity contribution in [2.75, 3.05) is 0 Å². The fourth-order valence-corrected chi connectivity index (χ4v) is 4.32. The Morgan fingerprint density at radius 2 is 2.00 bits per heavy atom. The zero-order valence-electron chi connectivity index (χ0n) is 11.2. The summed E-state index contributed by atoms with van der Waals surface area (Å²) in [5, 5.41) is 20.8. The number of hydrogen-bond acceptors (Lipinski definition) is 2. The predicted molar refractivity (Wildman–Crippen MR) is 68.3 cm³/mol. The summed E-state index contributed by atoms with van der Waals surface area (Å²) >= 11 is 0. The minimum absolute atomic E-state index is 0.345. The molecule has 1 N–H and O–H groups in total. The maximum atomic E-state index is 11.1. The van der Waals surface area contributed by atoms with E-state index >= 15 is 0 Å². The van der Waals surface area contributed by atoms with Gasteiger partial charge in [-0.05, 0) is 43.9 Å². The molecule has 0 aromatic carbocycles. The Bertz CT molecular complexity index is 321. The van der Waals surface area contributed by atoms with E-state index in [-0.39, 0.29) is 0 Å². The van der Waals surface area contributed by atoms with Crippen molar-refractivity contribution < 1.29 is 5.11 Å². The van der Waals surface area contributed by atoms with Crippen LogP contribution in [0.1, 0.15) is 65.2 Å². The fourth-order valence-electron chi connectivity index (χ4n) is 4.32. The van der Waals surface area contributed by atoms with Gasteiger partial charge in [-0.15, -0.1) is 0 Å². The Labute approximate surface area is 105 Å². The number of rotatable bonds is 3. The maximum Gasteiger partial charge on any atom is 0.0865 e. The smallest absolute Gasteiger partial charge is 0.0865 e. The third-order valence-corrected chi connectivity index (χ3v) is 5.52. The molecule has 96 valence electrons. The third-order valence-electron chi connectivity index (χ3n) is 5.52. The average molecular weight is 235 g/mol. The molecule has 0 bridgehead atoms. The zero-order chi connectivity index (χ0) is 12.5. The van der Waals surface area contributed by atoms with Crippen molar-refractivity contribution in [3.63, 3.8) is 0 Å². The lowest BCUT2D eigenvalue weighted by molar-refractivity contribution is -0.0857. The molecule has 2 saturated carbocycles. The summed E-state index contributed by atoms with van der Waals surface area (Å²) in [6, 6.07) is 2.54. The molecule has 2 rings (SSSR count). The van der Waals surface area contributed by atoms with Gasteiger partial charge in [0.2, 0.25) is 0 Å². The van der Waals surface area contributed by atoms with Crippen LogP contribution in [0, 0.1) is 28.6 Å². The second-order valence-electron chi connectivity index (χ2n) is 6.13. The first-order valence-electron chi connectivity index (χ1n) is 7.25. The largest absolute Gasteiger partial charge is 0.388 e. The van der Waals surface area contributed by atoms with Gasteiger partial charge in [-0.25, -0.2) is 0 Å². The monoisotopic (exact) mass is 235 g/mol. The molecule has 2 aliphatic carbocycles. The first-order chi connectivity index (χ1) is 8.12. The van der Waals surface area contributed by atoms with E-state index in [1.165, 1.54) is 0 Å². The Balaban J connectivity index is 2.27. The van der Waals surface area contributed by atoms with Gasteiger partial charge < -0.3 is 5.11 Å². The molecule has 0 saturated heterocycles. The summed E-state index contributed by atoms with van der Waals surface area (Å²) in [7, 11) is 0. The van der Waals surface area contributed by atoms with E-state index in [1.54, 1.807) is 0 Å². The van der Waals surface area contributed by atoms with Gasteiger partial charge in [-0.3, -0.25) is 0 Å². The topological polar surface area (TPSA) is 44.0 Å². The Hall–Kier alpha value is -0.550. The van der Waals surface area contributed by atoms with Gasteiger partial charge in [-0.2, -0.15) is 5.26 Å². The van der Waals surface area contributed by atoms with Crippen LogP contribution in [0.4, 0.5) is 0 Å². The first kappa shape index (κ1) is 12.9. The minimum atomic E-state index is -0.694. The van der Waals surface area contributed by atoms with Crippen LogP contribution in [-0.2, 0) is 0 Å². The van der Waals surface area contributed by atoms with Crippen LogP contribution >= 0.6 is 0 Å². The van der Waals surface area contributed by atoms with Crippen molar-refractivity contribution in [3.05, 3.63) is 0 Å². The van der Waals surface area contributed by atoms with Crippen molar-refractivity contribution in [2.24, 2.45) is 17.3 Å². The van der Waals surface area contributed by atoms with Crippen molar-refractivity contribution in [2.45, 2.75) is 70.8 Å². The van der Waals surface area contributed by atoms with E-state index in [9.17, 15) is 10.4 Å². The lowest BCUT2D eigenvalue weighted by Crippen LogP contribution is -2.49. The third kappa shape index (κ3) is 1.80. The van der Waals surface area contributed by atoms with Crippen LogP contribution in [0.2, 0.25) is 0 Å². The van der Waals surface area contributed by atoms with E-state index < -0.39 is 11.0 Å².